The molecule has 32 heavy (non-hydrogen) atoms. The summed E-state index contributed by atoms with van der Waals surface area (Å²) in [4.78, 5) is 49.0. The van der Waals surface area contributed by atoms with Crippen LogP contribution in [0.15, 0.2) is 0 Å². The summed E-state index contributed by atoms with van der Waals surface area (Å²) in [5, 5.41) is 11.1. The summed E-state index contributed by atoms with van der Waals surface area (Å²) in [5.41, 5.74) is 9.33. The molecule has 10 nitrogen and oxygen atoms in total. The number of nitrogens with one attached hydrogen (secondary N) is 4. The van der Waals surface area contributed by atoms with Gasteiger partial charge in [0.15, 0.2) is 0 Å². The highest BCUT2D eigenvalue weighted by atomic mass is 16.2. The molecule has 4 amide bonds. The second-order valence-electron chi connectivity index (χ2n) is 9.22. The first kappa shape index (κ1) is 29.8. The number of carbonyl (C=O) groups is 4. The van der Waals surface area contributed by atoms with Crippen molar-refractivity contribution in [2.24, 2.45) is 28.2 Å². The van der Waals surface area contributed by atoms with Crippen LogP contribution in [0.3, 0.4) is 0 Å². The molecule has 0 aromatic rings. The van der Waals surface area contributed by atoms with Crippen molar-refractivity contribution in [3.8, 4) is 0 Å². The van der Waals surface area contributed by atoms with Crippen LogP contribution in [-0.4, -0.2) is 62.4 Å². The lowest BCUT2D eigenvalue weighted by Crippen LogP contribution is -2.49. The van der Waals surface area contributed by atoms with Crippen LogP contribution in [0, 0.1) is 16.7 Å². The molecule has 0 rings (SSSR count). The number of hydrogen-bond donors (Lipinski definition) is 6. The van der Waals surface area contributed by atoms with E-state index in [1.54, 1.807) is 13.8 Å². The minimum Gasteiger partial charge on any atom is -0.354 e. The average Bonchev–Trinajstić information content (AvgIpc) is 2.76. The van der Waals surface area contributed by atoms with Crippen molar-refractivity contribution < 1.29 is 19.2 Å². The lowest BCUT2D eigenvalue weighted by molar-refractivity contribution is -0.137. The predicted octanol–water partition coefficient (Wildman–Crippen LogP) is -0.384. The fourth-order valence-corrected chi connectivity index (χ4v) is 3.20. The molecule has 10 heteroatoms. The van der Waals surface area contributed by atoms with Gasteiger partial charge in [-0.15, -0.1) is 0 Å². The highest BCUT2D eigenvalue weighted by Gasteiger charge is 2.40. The fourth-order valence-electron chi connectivity index (χ4n) is 3.20. The van der Waals surface area contributed by atoms with Crippen LogP contribution in [0.2, 0.25) is 0 Å². The average molecular weight is 457 g/mol. The van der Waals surface area contributed by atoms with Crippen molar-refractivity contribution in [3.63, 3.8) is 0 Å². The van der Waals surface area contributed by atoms with Crippen molar-refractivity contribution >= 4 is 23.6 Å². The van der Waals surface area contributed by atoms with Crippen LogP contribution in [0.25, 0.3) is 0 Å². The zero-order valence-corrected chi connectivity index (χ0v) is 20.6. The van der Waals surface area contributed by atoms with Gasteiger partial charge in [0.2, 0.25) is 23.6 Å². The molecule has 8 N–H and O–H groups in total. The summed E-state index contributed by atoms with van der Waals surface area (Å²) in [5.74, 6) is -0.808. The summed E-state index contributed by atoms with van der Waals surface area (Å²) in [6, 6.07) is -0.769. The quantitative estimate of drug-likeness (QED) is 0.183. The molecule has 0 radical (unpaired) electrons. The highest BCUT2D eigenvalue weighted by molar-refractivity contribution is 5.86. The van der Waals surface area contributed by atoms with Gasteiger partial charge in [0.1, 0.15) is 0 Å². The van der Waals surface area contributed by atoms with E-state index in [4.69, 9.17) is 11.5 Å². The van der Waals surface area contributed by atoms with Crippen molar-refractivity contribution in [2.45, 2.75) is 66.8 Å². The molecule has 186 valence electrons. The Labute approximate surface area is 192 Å². The molecule has 0 aromatic heterocycles. The Kier molecular flexibility index (Phi) is 13.1. The van der Waals surface area contributed by atoms with E-state index in [2.05, 4.69) is 21.3 Å². The van der Waals surface area contributed by atoms with E-state index in [-0.39, 0.29) is 49.2 Å². The molecule has 3 atom stereocenters. The van der Waals surface area contributed by atoms with Crippen LogP contribution < -0.4 is 32.7 Å². The van der Waals surface area contributed by atoms with E-state index in [9.17, 15) is 19.2 Å². The maximum Gasteiger partial charge on any atom is 0.238 e. The number of nitrogens with two attached hydrogens (primary N) is 2. The standard InChI is InChI=1S/C22H44N6O4/c1-7-15(3)17(29)25-9-12-28-20(32)22(6,8-2)14-21(4,5)19(31)27-11-10-26-18(30)16(24)13-23/h15-16H,7-14,23-24H2,1-6H3,(H,25,29)(H,26,30)(H,27,31)(H,28,32). The number of carbonyl (C=O) groups excluding carboxylic acids is 4. The fraction of sp³-hybridized carbons (Fsp3) is 0.818. The zero-order chi connectivity index (χ0) is 24.9. The molecule has 0 saturated heterocycles. The van der Waals surface area contributed by atoms with Crippen LogP contribution in [0.4, 0.5) is 0 Å². The van der Waals surface area contributed by atoms with E-state index in [1.165, 1.54) is 0 Å². The molecule has 0 aromatic carbocycles. The molecular formula is C22H44N6O4. The normalized spacial score (nSPS) is 15.1. The second-order valence-corrected chi connectivity index (χ2v) is 9.22. The van der Waals surface area contributed by atoms with E-state index < -0.39 is 16.9 Å². The van der Waals surface area contributed by atoms with Gasteiger partial charge in [-0.25, -0.2) is 0 Å². The Morgan fingerprint density at radius 1 is 0.812 bits per heavy atom. The molecule has 0 aliphatic carbocycles. The summed E-state index contributed by atoms with van der Waals surface area (Å²) in [7, 11) is 0. The molecule has 0 aliphatic heterocycles. The number of amides is 4. The Morgan fingerprint density at radius 3 is 1.75 bits per heavy atom. The molecule has 0 saturated carbocycles. The largest absolute Gasteiger partial charge is 0.354 e. The summed E-state index contributed by atoms with van der Waals surface area (Å²) >= 11 is 0. The second kappa shape index (κ2) is 14.1. The van der Waals surface area contributed by atoms with E-state index in [0.717, 1.165) is 6.42 Å². The van der Waals surface area contributed by atoms with Crippen LogP contribution in [0.5, 0.6) is 0 Å². The highest BCUT2D eigenvalue weighted by Crippen LogP contribution is 2.37. The smallest absolute Gasteiger partial charge is 0.238 e. The molecule has 3 unspecified atom stereocenters. The van der Waals surface area contributed by atoms with E-state index >= 15 is 0 Å². The van der Waals surface area contributed by atoms with Crippen LogP contribution in [0.1, 0.15) is 60.8 Å². The first-order valence-corrected chi connectivity index (χ1v) is 11.4. The monoisotopic (exact) mass is 456 g/mol. The van der Waals surface area contributed by atoms with Gasteiger partial charge in [-0.2, -0.15) is 0 Å². The number of rotatable bonds is 15. The minimum atomic E-state index is -0.801. The summed E-state index contributed by atoms with van der Waals surface area (Å²) in [6.45, 7) is 12.4. The molecule has 0 heterocycles. The summed E-state index contributed by atoms with van der Waals surface area (Å²) < 4.78 is 0. The van der Waals surface area contributed by atoms with E-state index in [0.29, 0.717) is 25.9 Å². The third-order valence-electron chi connectivity index (χ3n) is 5.85. The van der Waals surface area contributed by atoms with Crippen molar-refractivity contribution in [1.82, 2.24) is 21.3 Å². The van der Waals surface area contributed by atoms with Gasteiger partial charge in [0, 0.05) is 49.5 Å². The Bertz CT molecular complexity index is 640. The third-order valence-corrected chi connectivity index (χ3v) is 5.85. The molecule has 0 spiro atoms. The molecule has 0 aliphatic rings. The predicted molar refractivity (Wildman–Crippen MR) is 125 cm³/mol. The Balaban J connectivity index is 4.64. The first-order chi connectivity index (χ1) is 14.8. The zero-order valence-electron chi connectivity index (χ0n) is 20.6. The van der Waals surface area contributed by atoms with Crippen molar-refractivity contribution in [3.05, 3.63) is 0 Å². The molecule has 0 bridgehead atoms. The molecular weight excluding hydrogens is 412 g/mol. The third kappa shape index (κ3) is 9.95. The lowest BCUT2D eigenvalue weighted by atomic mass is 9.71. The molecule has 0 fully saturated rings. The van der Waals surface area contributed by atoms with Crippen LogP contribution in [-0.2, 0) is 19.2 Å². The Hall–Kier alpha value is -2.20. The first-order valence-electron chi connectivity index (χ1n) is 11.4. The number of hydrogen-bond acceptors (Lipinski definition) is 6. The van der Waals surface area contributed by atoms with Crippen molar-refractivity contribution in [1.29, 1.82) is 0 Å². The van der Waals surface area contributed by atoms with Gasteiger partial charge in [0.05, 0.1) is 6.04 Å². The van der Waals surface area contributed by atoms with E-state index in [1.807, 2.05) is 27.7 Å². The maximum atomic E-state index is 12.8. The topological polar surface area (TPSA) is 168 Å². The Morgan fingerprint density at radius 2 is 1.28 bits per heavy atom. The van der Waals surface area contributed by atoms with Crippen LogP contribution >= 0.6 is 0 Å². The minimum absolute atomic E-state index is 0.0287. The summed E-state index contributed by atoms with van der Waals surface area (Å²) in [6.07, 6.45) is 1.66. The van der Waals surface area contributed by atoms with Gasteiger partial charge in [-0.3, -0.25) is 19.2 Å². The van der Waals surface area contributed by atoms with Gasteiger partial charge in [-0.05, 0) is 19.3 Å². The maximum absolute atomic E-state index is 12.8. The van der Waals surface area contributed by atoms with Crippen molar-refractivity contribution in [2.75, 3.05) is 32.7 Å². The van der Waals surface area contributed by atoms with Gasteiger partial charge < -0.3 is 32.7 Å². The lowest BCUT2D eigenvalue weighted by Gasteiger charge is -2.35. The SMILES string of the molecule is CCC(C)C(=O)NCCNC(=O)C(C)(CC)CC(C)(C)C(=O)NCCNC(=O)C(N)CN. The van der Waals surface area contributed by atoms with Gasteiger partial charge in [-0.1, -0.05) is 41.5 Å². The van der Waals surface area contributed by atoms with Gasteiger partial charge in [0.25, 0.3) is 0 Å². The van der Waals surface area contributed by atoms with Gasteiger partial charge >= 0.3 is 0 Å².